The topological polar surface area (TPSA) is 71.5 Å². The molecule has 5 heteroatoms. The fraction of sp³-hybridized carbons (Fsp3) is 0.111. The Bertz CT molecular complexity index is 492. The molecule has 0 aliphatic rings. The van der Waals surface area contributed by atoms with Crippen molar-refractivity contribution in [1.82, 2.24) is 19.9 Å². The van der Waals surface area contributed by atoms with Crippen molar-refractivity contribution in [2.75, 3.05) is 0 Å². The Balaban J connectivity index is 2.58. The van der Waals surface area contributed by atoms with Crippen LogP contribution in [0.25, 0.3) is 11.4 Å². The maximum Gasteiger partial charge on any atom is 0.251 e. The quantitative estimate of drug-likeness (QED) is 0.708. The van der Waals surface area contributed by atoms with Crippen molar-refractivity contribution in [3.63, 3.8) is 0 Å². The van der Waals surface area contributed by atoms with Crippen LogP contribution in [0.3, 0.4) is 0 Å². The van der Waals surface area contributed by atoms with E-state index in [1.165, 1.54) is 12.4 Å². The highest BCUT2D eigenvalue weighted by atomic mass is 16.1. The standard InChI is InChI=1S/C9H8N4O/c1-6-2-8(14)13-9(12-6)7-3-10-5-11-4-7/h2-5H,1H3,(H,12,13,14). The van der Waals surface area contributed by atoms with Gasteiger partial charge in [-0.25, -0.2) is 15.0 Å². The number of H-pyrrole nitrogens is 1. The summed E-state index contributed by atoms with van der Waals surface area (Å²) in [6, 6.07) is 1.44. The zero-order valence-electron chi connectivity index (χ0n) is 7.56. The smallest absolute Gasteiger partial charge is 0.251 e. The first-order chi connectivity index (χ1) is 6.75. The molecule has 0 aliphatic heterocycles. The van der Waals surface area contributed by atoms with Gasteiger partial charge < -0.3 is 4.98 Å². The largest absolute Gasteiger partial charge is 0.306 e. The van der Waals surface area contributed by atoms with E-state index in [0.717, 1.165) is 0 Å². The number of rotatable bonds is 1. The highest BCUT2D eigenvalue weighted by Crippen LogP contribution is 2.08. The predicted molar refractivity (Wildman–Crippen MR) is 50.6 cm³/mol. The van der Waals surface area contributed by atoms with Crippen molar-refractivity contribution >= 4 is 0 Å². The second-order valence-electron chi connectivity index (χ2n) is 2.86. The average Bonchev–Trinajstić information content (AvgIpc) is 2.18. The molecule has 2 aromatic rings. The third-order valence-corrected chi connectivity index (χ3v) is 1.70. The van der Waals surface area contributed by atoms with Crippen molar-refractivity contribution in [2.45, 2.75) is 6.92 Å². The highest BCUT2D eigenvalue weighted by molar-refractivity contribution is 5.51. The lowest BCUT2D eigenvalue weighted by atomic mass is 10.3. The molecule has 0 fully saturated rings. The molecule has 2 aromatic heterocycles. The van der Waals surface area contributed by atoms with Crippen LogP contribution in [0.4, 0.5) is 0 Å². The van der Waals surface area contributed by atoms with Crippen molar-refractivity contribution in [1.29, 1.82) is 0 Å². The lowest BCUT2D eigenvalue weighted by molar-refractivity contribution is 1.06. The number of nitrogens with zero attached hydrogens (tertiary/aromatic N) is 3. The van der Waals surface area contributed by atoms with Gasteiger partial charge in [-0.2, -0.15) is 0 Å². The number of aryl methyl sites for hydroxylation is 1. The molecule has 0 spiro atoms. The van der Waals surface area contributed by atoms with Crippen molar-refractivity contribution in [3.8, 4) is 11.4 Å². The van der Waals surface area contributed by atoms with E-state index in [2.05, 4.69) is 19.9 Å². The summed E-state index contributed by atoms with van der Waals surface area (Å²) in [6.07, 6.45) is 4.63. The summed E-state index contributed by atoms with van der Waals surface area (Å²) in [5.74, 6) is 0.496. The van der Waals surface area contributed by atoms with E-state index in [0.29, 0.717) is 17.1 Å². The van der Waals surface area contributed by atoms with Crippen LogP contribution in [0.5, 0.6) is 0 Å². The third-order valence-electron chi connectivity index (χ3n) is 1.70. The van der Waals surface area contributed by atoms with Gasteiger partial charge in [0.1, 0.15) is 12.2 Å². The SMILES string of the molecule is Cc1cc(=O)[nH]c(-c2cncnc2)n1. The van der Waals surface area contributed by atoms with Gasteiger partial charge in [-0.1, -0.05) is 0 Å². The van der Waals surface area contributed by atoms with E-state index in [1.54, 1.807) is 19.3 Å². The Hall–Kier alpha value is -2.04. The minimum absolute atomic E-state index is 0.170. The molecule has 1 N–H and O–H groups in total. The molecule has 0 atom stereocenters. The molecule has 0 unspecified atom stereocenters. The number of aromatic amines is 1. The summed E-state index contributed by atoms with van der Waals surface area (Å²) in [6.45, 7) is 1.77. The van der Waals surface area contributed by atoms with Crippen LogP contribution in [-0.2, 0) is 0 Å². The van der Waals surface area contributed by atoms with Gasteiger partial charge in [-0.05, 0) is 6.92 Å². The normalized spacial score (nSPS) is 10.1. The first-order valence-electron chi connectivity index (χ1n) is 4.09. The Labute approximate surface area is 79.9 Å². The van der Waals surface area contributed by atoms with Gasteiger partial charge in [0, 0.05) is 24.2 Å². The van der Waals surface area contributed by atoms with E-state index in [1.807, 2.05) is 0 Å². The van der Waals surface area contributed by atoms with Crippen molar-refractivity contribution in [3.05, 3.63) is 40.8 Å². The fourth-order valence-corrected chi connectivity index (χ4v) is 1.14. The molecule has 0 radical (unpaired) electrons. The molecular formula is C9H8N4O. The van der Waals surface area contributed by atoms with Crippen molar-refractivity contribution in [2.24, 2.45) is 0 Å². The zero-order valence-corrected chi connectivity index (χ0v) is 7.56. The van der Waals surface area contributed by atoms with Gasteiger partial charge >= 0.3 is 0 Å². The first-order valence-corrected chi connectivity index (χ1v) is 4.09. The molecule has 0 aliphatic carbocycles. The second-order valence-corrected chi connectivity index (χ2v) is 2.86. The third kappa shape index (κ3) is 1.66. The fourth-order valence-electron chi connectivity index (χ4n) is 1.14. The number of aromatic nitrogens is 4. The van der Waals surface area contributed by atoms with Gasteiger partial charge in [0.25, 0.3) is 5.56 Å². The second kappa shape index (κ2) is 3.37. The number of hydrogen-bond acceptors (Lipinski definition) is 4. The molecule has 2 heterocycles. The van der Waals surface area contributed by atoms with Crippen LogP contribution in [0.1, 0.15) is 5.69 Å². The molecule has 0 saturated heterocycles. The van der Waals surface area contributed by atoms with Gasteiger partial charge in [0.15, 0.2) is 0 Å². The lowest BCUT2D eigenvalue weighted by Gasteiger charge is -1.99. The minimum atomic E-state index is -0.170. The van der Waals surface area contributed by atoms with Gasteiger partial charge in [0.2, 0.25) is 0 Å². The number of hydrogen-bond donors (Lipinski definition) is 1. The Kier molecular flexibility index (Phi) is 2.06. The van der Waals surface area contributed by atoms with E-state index in [9.17, 15) is 4.79 Å². The molecule has 0 bridgehead atoms. The minimum Gasteiger partial charge on any atom is -0.306 e. The van der Waals surface area contributed by atoms with Crippen LogP contribution >= 0.6 is 0 Å². The summed E-state index contributed by atoms with van der Waals surface area (Å²) in [4.78, 5) is 25.6. The summed E-state index contributed by atoms with van der Waals surface area (Å²) >= 11 is 0. The Morgan fingerprint density at radius 1 is 1.29 bits per heavy atom. The summed E-state index contributed by atoms with van der Waals surface area (Å²) in [5, 5.41) is 0. The van der Waals surface area contributed by atoms with Gasteiger partial charge in [-0.15, -0.1) is 0 Å². The number of nitrogens with one attached hydrogen (secondary N) is 1. The maximum atomic E-state index is 11.1. The molecular weight excluding hydrogens is 180 g/mol. The monoisotopic (exact) mass is 188 g/mol. The average molecular weight is 188 g/mol. The van der Waals surface area contributed by atoms with Crippen LogP contribution < -0.4 is 5.56 Å². The van der Waals surface area contributed by atoms with Crippen LogP contribution in [0, 0.1) is 6.92 Å². The summed E-state index contributed by atoms with van der Waals surface area (Å²) < 4.78 is 0. The van der Waals surface area contributed by atoms with Crippen LogP contribution in [0.15, 0.2) is 29.6 Å². The maximum absolute atomic E-state index is 11.1. The van der Waals surface area contributed by atoms with E-state index < -0.39 is 0 Å². The van der Waals surface area contributed by atoms with E-state index >= 15 is 0 Å². The molecule has 0 aromatic carbocycles. The van der Waals surface area contributed by atoms with E-state index in [4.69, 9.17) is 0 Å². The predicted octanol–water partition coefficient (Wildman–Crippen LogP) is 0.535. The Morgan fingerprint density at radius 3 is 2.64 bits per heavy atom. The molecule has 0 amide bonds. The summed E-state index contributed by atoms with van der Waals surface area (Å²) in [7, 11) is 0. The molecule has 2 rings (SSSR count). The van der Waals surface area contributed by atoms with Crippen LogP contribution in [0.2, 0.25) is 0 Å². The first kappa shape index (κ1) is 8.55. The molecule has 5 nitrogen and oxygen atoms in total. The highest BCUT2D eigenvalue weighted by Gasteiger charge is 2.01. The van der Waals surface area contributed by atoms with Crippen molar-refractivity contribution < 1.29 is 0 Å². The van der Waals surface area contributed by atoms with E-state index in [-0.39, 0.29) is 5.56 Å². The van der Waals surface area contributed by atoms with Gasteiger partial charge in [-0.3, -0.25) is 4.79 Å². The van der Waals surface area contributed by atoms with Gasteiger partial charge in [0.05, 0.1) is 5.56 Å². The molecule has 14 heavy (non-hydrogen) atoms. The summed E-state index contributed by atoms with van der Waals surface area (Å²) in [5.41, 5.74) is 1.21. The molecule has 70 valence electrons. The lowest BCUT2D eigenvalue weighted by Crippen LogP contribution is -2.08. The zero-order chi connectivity index (χ0) is 9.97. The van der Waals surface area contributed by atoms with Crippen LogP contribution in [-0.4, -0.2) is 19.9 Å². The Morgan fingerprint density at radius 2 is 2.00 bits per heavy atom. The molecule has 0 saturated carbocycles.